The van der Waals surface area contributed by atoms with Gasteiger partial charge in [-0.2, -0.15) is 13.2 Å². The average molecular weight is 161 g/mol. The molecule has 0 saturated heterocycles. The van der Waals surface area contributed by atoms with Crippen LogP contribution in [0.4, 0.5) is 13.2 Å². The van der Waals surface area contributed by atoms with E-state index in [2.05, 4.69) is 0 Å². The van der Waals surface area contributed by atoms with Crippen molar-refractivity contribution in [2.24, 2.45) is 5.92 Å². The van der Waals surface area contributed by atoms with Crippen LogP contribution in [0.1, 0.15) is 13.3 Å². The number of alkyl halides is 4. The smallest absolute Gasteiger partial charge is 0.171 e. The van der Waals surface area contributed by atoms with Crippen LogP contribution in [0, 0.1) is 5.92 Å². The summed E-state index contributed by atoms with van der Waals surface area (Å²) < 4.78 is 34.7. The van der Waals surface area contributed by atoms with Gasteiger partial charge < -0.3 is 0 Å². The van der Waals surface area contributed by atoms with Gasteiger partial charge in [0.1, 0.15) is 0 Å². The summed E-state index contributed by atoms with van der Waals surface area (Å²) in [6, 6.07) is 0. The molecule has 0 spiro atoms. The predicted octanol–water partition coefficient (Wildman–Crippen LogP) is 2.81. The van der Waals surface area contributed by atoms with Gasteiger partial charge in [0.15, 0.2) is 0 Å². The molecular formula is C5H8ClF3. The van der Waals surface area contributed by atoms with E-state index in [-0.39, 0.29) is 12.3 Å². The zero-order valence-corrected chi connectivity index (χ0v) is 5.76. The molecule has 0 radical (unpaired) electrons. The van der Waals surface area contributed by atoms with Crippen LogP contribution < -0.4 is 0 Å². The number of rotatable bonds is 2. The van der Waals surface area contributed by atoms with Crippen LogP contribution in [0.5, 0.6) is 0 Å². The van der Waals surface area contributed by atoms with Gasteiger partial charge in [0.2, 0.25) is 0 Å². The van der Waals surface area contributed by atoms with E-state index < -0.39 is 12.1 Å². The van der Waals surface area contributed by atoms with E-state index in [0.717, 1.165) is 6.92 Å². The van der Waals surface area contributed by atoms with E-state index in [1.54, 1.807) is 0 Å². The summed E-state index contributed by atoms with van der Waals surface area (Å²) >= 11 is 5.10. The highest BCUT2D eigenvalue weighted by atomic mass is 35.5. The van der Waals surface area contributed by atoms with Gasteiger partial charge in [-0.25, -0.2) is 0 Å². The Kier molecular flexibility index (Phi) is 3.33. The van der Waals surface area contributed by atoms with Crippen LogP contribution in [0.15, 0.2) is 0 Å². The summed E-state index contributed by atoms with van der Waals surface area (Å²) in [7, 11) is 0. The molecule has 0 amide bonds. The largest absolute Gasteiger partial charge is 0.391 e. The molecule has 56 valence electrons. The van der Waals surface area contributed by atoms with Crippen LogP contribution in [0.2, 0.25) is 0 Å². The van der Waals surface area contributed by atoms with Gasteiger partial charge in [0.25, 0.3) is 0 Å². The highest BCUT2D eigenvalue weighted by Gasteiger charge is 2.34. The van der Waals surface area contributed by atoms with Gasteiger partial charge >= 0.3 is 6.18 Å². The maximum atomic E-state index is 11.6. The van der Waals surface area contributed by atoms with Crippen LogP contribution in [0.3, 0.4) is 0 Å². The first-order chi connectivity index (χ1) is 3.98. The van der Waals surface area contributed by atoms with Crippen LogP contribution in [-0.2, 0) is 0 Å². The first kappa shape index (κ1) is 9.08. The topological polar surface area (TPSA) is 0 Å². The zero-order valence-electron chi connectivity index (χ0n) is 5.00. The first-order valence-corrected chi connectivity index (χ1v) is 3.14. The van der Waals surface area contributed by atoms with Crippen molar-refractivity contribution in [1.82, 2.24) is 0 Å². The second-order valence-electron chi connectivity index (χ2n) is 1.92. The van der Waals surface area contributed by atoms with Crippen molar-refractivity contribution in [3.8, 4) is 0 Å². The lowest BCUT2D eigenvalue weighted by Crippen LogP contribution is -2.19. The predicted molar refractivity (Wildman–Crippen MR) is 30.6 cm³/mol. The van der Waals surface area contributed by atoms with Crippen LogP contribution in [0.25, 0.3) is 0 Å². The molecule has 4 heteroatoms. The molecular weight excluding hydrogens is 153 g/mol. The number of hydrogen-bond donors (Lipinski definition) is 0. The third-order valence-electron chi connectivity index (χ3n) is 1.10. The maximum Gasteiger partial charge on any atom is 0.391 e. The lowest BCUT2D eigenvalue weighted by Gasteiger charge is -2.12. The molecule has 0 N–H and O–H groups in total. The van der Waals surface area contributed by atoms with Gasteiger partial charge in [0.05, 0.1) is 5.92 Å². The van der Waals surface area contributed by atoms with E-state index in [1.807, 2.05) is 0 Å². The fourth-order valence-corrected chi connectivity index (χ4v) is 0.655. The molecule has 0 aromatic heterocycles. The molecule has 1 unspecified atom stereocenters. The van der Waals surface area contributed by atoms with Crippen molar-refractivity contribution in [3.05, 3.63) is 0 Å². The Balaban J connectivity index is 3.59. The van der Waals surface area contributed by atoms with E-state index in [1.165, 1.54) is 0 Å². The van der Waals surface area contributed by atoms with Crippen LogP contribution in [-0.4, -0.2) is 12.1 Å². The van der Waals surface area contributed by atoms with Crippen molar-refractivity contribution in [3.63, 3.8) is 0 Å². The molecule has 0 bridgehead atoms. The molecule has 0 saturated carbocycles. The van der Waals surface area contributed by atoms with Crippen LogP contribution >= 0.6 is 11.6 Å². The summed E-state index contributed by atoms with van der Waals surface area (Å²) in [5, 5.41) is 0. The molecule has 0 fully saturated rings. The molecule has 0 aliphatic rings. The molecule has 0 nitrogen and oxygen atoms in total. The maximum absolute atomic E-state index is 11.6. The van der Waals surface area contributed by atoms with Gasteiger partial charge in [0, 0.05) is 5.88 Å². The Labute approximate surface area is 57.0 Å². The zero-order chi connectivity index (χ0) is 7.49. The minimum absolute atomic E-state index is 0.00502. The third kappa shape index (κ3) is 3.62. The summed E-state index contributed by atoms with van der Waals surface area (Å²) in [4.78, 5) is 0. The molecule has 0 aromatic rings. The molecule has 0 rings (SSSR count). The fraction of sp³-hybridized carbons (Fsp3) is 1.00. The molecule has 0 heterocycles. The second-order valence-corrected chi connectivity index (χ2v) is 2.30. The summed E-state index contributed by atoms with van der Waals surface area (Å²) in [6.07, 6.45) is -4.07. The molecule has 9 heavy (non-hydrogen) atoms. The highest BCUT2D eigenvalue weighted by Crippen LogP contribution is 2.28. The number of halogens is 4. The monoisotopic (exact) mass is 160 g/mol. The van der Waals surface area contributed by atoms with Gasteiger partial charge in [-0.15, -0.1) is 11.6 Å². The fourth-order valence-electron chi connectivity index (χ4n) is 0.327. The van der Waals surface area contributed by atoms with E-state index in [9.17, 15) is 13.2 Å². The van der Waals surface area contributed by atoms with Crippen molar-refractivity contribution < 1.29 is 13.2 Å². The first-order valence-electron chi connectivity index (χ1n) is 2.61. The molecule has 0 aliphatic carbocycles. The minimum atomic E-state index is -4.07. The van der Waals surface area contributed by atoms with Crippen molar-refractivity contribution in [2.75, 3.05) is 5.88 Å². The SMILES string of the molecule is CC(CCCl)C(F)(F)F. The summed E-state index contributed by atoms with van der Waals surface area (Å²) in [5.41, 5.74) is 0. The minimum Gasteiger partial charge on any atom is -0.171 e. The standard InChI is InChI=1S/C5H8ClF3/c1-4(2-3-6)5(7,8)9/h4H,2-3H2,1H3. The normalized spacial score (nSPS) is 15.7. The Bertz CT molecular complexity index is 78.8. The van der Waals surface area contributed by atoms with Crippen molar-refractivity contribution in [1.29, 1.82) is 0 Å². The summed E-state index contributed by atoms with van der Waals surface area (Å²) in [6.45, 7) is 1.13. The quantitative estimate of drug-likeness (QED) is 0.545. The Morgan fingerprint density at radius 1 is 1.44 bits per heavy atom. The summed E-state index contributed by atoms with van der Waals surface area (Å²) in [5.74, 6) is -1.20. The average Bonchev–Trinajstić information content (AvgIpc) is 1.64. The van der Waals surface area contributed by atoms with Gasteiger partial charge in [-0.3, -0.25) is 0 Å². The third-order valence-corrected chi connectivity index (χ3v) is 1.32. The Morgan fingerprint density at radius 3 is 2.00 bits per heavy atom. The van der Waals surface area contributed by atoms with Gasteiger partial charge in [-0.1, -0.05) is 6.92 Å². The van der Waals surface area contributed by atoms with E-state index in [0.29, 0.717) is 0 Å². The van der Waals surface area contributed by atoms with Crippen molar-refractivity contribution >= 4 is 11.6 Å². The number of hydrogen-bond acceptors (Lipinski definition) is 0. The van der Waals surface area contributed by atoms with E-state index in [4.69, 9.17) is 11.6 Å². The van der Waals surface area contributed by atoms with Crippen molar-refractivity contribution in [2.45, 2.75) is 19.5 Å². The molecule has 0 aliphatic heterocycles. The Hall–Kier alpha value is 0.0800. The molecule has 1 atom stereocenters. The second kappa shape index (κ2) is 3.30. The molecule has 0 aromatic carbocycles. The van der Waals surface area contributed by atoms with E-state index >= 15 is 0 Å². The lowest BCUT2D eigenvalue weighted by molar-refractivity contribution is -0.169. The Morgan fingerprint density at radius 2 is 1.89 bits per heavy atom. The highest BCUT2D eigenvalue weighted by molar-refractivity contribution is 6.17. The van der Waals surface area contributed by atoms with Gasteiger partial charge in [-0.05, 0) is 6.42 Å². The lowest BCUT2D eigenvalue weighted by atomic mass is 10.1.